The van der Waals surface area contributed by atoms with Gasteiger partial charge in [-0.3, -0.25) is 14.4 Å². The molecule has 0 spiro atoms. The van der Waals surface area contributed by atoms with Crippen molar-refractivity contribution in [2.75, 3.05) is 12.4 Å². The Morgan fingerprint density at radius 3 is 2.45 bits per heavy atom. The lowest BCUT2D eigenvalue weighted by Gasteiger charge is -2.20. The number of rotatable bonds is 7. The summed E-state index contributed by atoms with van der Waals surface area (Å²) in [5.41, 5.74) is 2.10. The molecule has 8 heteroatoms. The maximum Gasteiger partial charge on any atom is 0.254 e. The molecule has 0 bridgehead atoms. The zero-order chi connectivity index (χ0) is 21.8. The van der Waals surface area contributed by atoms with E-state index in [1.54, 1.807) is 43.4 Å². The summed E-state index contributed by atoms with van der Waals surface area (Å²) in [6.45, 7) is 0. The van der Waals surface area contributed by atoms with Crippen LogP contribution in [-0.2, 0) is 12.8 Å². The maximum absolute atomic E-state index is 13.2. The molecule has 0 aliphatic heterocycles. The molecule has 4 rings (SSSR count). The first-order valence-electron chi connectivity index (χ1n) is 10.1. The highest BCUT2D eigenvalue weighted by Crippen LogP contribution is 2.38. The first-order valence-corrected chi connectivity index (χ1v) is 11.8. The van der Waals surface area contributed by atoms with Crippen LogP contribution in [0.4, 0.5) is 5.00 Å². The minimum absolute atomic E-state index is 0.182. The number of amides is 2. The maximum atomic E-state index is 13.2. The van der Waals surface area contributed by atoms with E-state index in [1.807, 2.05) is 11.4 Å². The van der Waals surface area contributed by atoms with Crippen molar-refractivity contribution in [1.29, 1.82) is 0 Å². The van der Waals surface area contributed by atoms with Gasteiger partial charge >= 0.3 is 0 Å². The van der Waals surface area contributed by atoms with E-state index in [0.29, 0.717) is 21.0 Å². The Balaban J connectivity index is 1.68. The van der Waals surface area contributed by atoms with Crippen LogP contribution < -0.4 is 16.0 Å². The molecule has 160 valence electrons. The first-order chi connectivity index (χ1) is 15.1. The molecular formula is C23H23N3O3S2. The van der Waals surface area contributed by atoms with Gasteiger partial charge in [0.1, 0.15) is 5.00 Å². The fourth-order valence-electron chi connectivity index (χ4n) is 3.70. The minimum Gasteiger partial charge on any atom is -0.355 e. The summed E-state index contributed by atoms with van der Waals surface area (Å²) < 4.78 is 0. The lowest BCUT2D eigenvalue weighted by atomic mass is 9.95. The fourth-order valence-corrected chi connectivity index (χ4v) is 5.71. The molecule has 0 fully saturated rings. The van der Waals surface area contributed by atoms with Gasteiger partial charge in [-0.2, -0.15) is 0 Å². The van der Waals surface area contributed by atoms with Crippen molar-refractivity contribution in [1.82, 2.24) is 10.6 Å². The molecule has 0 radical (unpaired) electrons. The van der Waals surface area contributed by atoms with Crippen molar-refractivity contribution in [3.8, 4) is 0 Å². The fraction of sp³-hybridized carbons (Fsp3) is 0.261. The number of carbonyl (C=O) groups excluding carboxylic acids is 3. The van der Waals surface area contributed by atoms with Crippen molar-refractivity contribution in [3.05, 3.63) is 74.3 Å². The van der Waals surface area contributed by atoms with E-state index in [0.717, 1.165) is 31.2 Å². The molecule has 2 amide bonds. The Labute approximate surface area is 188 Å². The second-order valence-electron chi connectivity index (χ2n) is 7.25. The quantitative estimate of drug-likeness (QED) is 0.371. The van der Waals surface area contributed by atoms with Crippen LogP contribution in [0.5, 0.6) is 0 Å². The van der Waals surface area contributed by atoms with Crippen molar-refractivity contribution in [2.24, 2.45) is 0 Å². The molecule has 2 heterocycles. The van der Waals surface area contributed by atoms with E-state index in [4.69, 9.17) is 0 Å². The van der Waals surface area contributed by atoms with E-state index in [9.17, 15) is 14.4 Å². The Kier molecular flexibility index (Phi) is 6.48. The average Bonchev–Trinajstić information content (AvgIpc) is 3.46. The molecular weight excluding hydrogens is 430 g/mol. The lowest BCUT2D eigenvalue weighted by Crippen LogP contribution is -2.46. The van der Waals surface area contributed by atoms with Crippen molar-refractivity contribution in [3.63, 3.8) is 0 Å². The highest BCUT2D eigenvalue weighted by Gasteiger charge is 2.29. The SMILES string of the molecule is CNC(=O)c1c(N[C@@H](NC(=O)c2ccccc2)C(=O)c2cccs2)sc2c1CCCC2. The predicted octanol–water partition coefficient (Wildman–Crippen LogP) is 4.10. The summed E-state index contributed by atoms with van der Waals surface area (Å²) in [4.78, 5) is 40.4. The molecule has 0 saturated heterocycles. The van der Waals surface area contributed by atoms with E-state index in [2.05, 4.69) is 16.0 Å². The summed E-state index contributed by atoms with van der Waals surface area (Å²) in [6.07, 6.45) is 2.90. The van der Waals surface area contributed by atoms with Crippen molar-refractivity contribution in [2.45, 2.75) is 31.8 Å². The third-order valence-electron chi connectivity index (χ3n) is 5.24. The number of fused-ring (bicyclic) bond motifs is 1. The third kappa shape index (κ3) is 4.55. The normalized spacial score (nSPS) is 13.7. The van der Waals surface area contributed by atoms with Gasteiger partial charge in [0.05, 0.1) is 10.4 Å². The number of anilines is 1. The summed E-state index contributed by atoms with van der Waals surface area (Å²) in [7, 11) is 1.60. The summed E-state index contributed by atoms with van der Waals surface area (Å²) in [5.74, 6) is -0.780. The second kappa shape index (κ2) is 9.45. The molecule has 3 N–H and O–H groups in total. The van der Waals surface area contributed by atoms with Crippen LogP contribution in [-0.4, -0.2) is 30.8 Å². The van der Waals surface area contributed by atoms with Crippen LogP contribution in [0, 0.1) is 0 Å². The number of Topliss-reactive ketones (excluding diaryl/α,β-unsaturated/α-hetero) is 1. The highest BCUT2D eigenvalue weighted by molar-refractivity contribution is 7.16. The van der Waals surface area contributed by atoms with Crippen LogP contribution >= 0.6 is 22.7 Å². The van der Waals surface area contributed by atoms with Crippen LogP contribution in [0.15, 0.2) is 47.8 Å². The largest absolute Gasteiger partial charge is 0.355 e. The van der Waals surface area contributed by atoms with Gasteiger partial charge in [-0.05, 0) is 54.8 Å². The second-order valence-corrected chi connectivity index (χ2v) is 9.31. The molecule has 0 unspecified atom stereocenters. The smallest absolute Gasteiger partial charge is 0.254 e. The summed E-state index contributed by atoms with van der Waals surface area (Å²) in [5, 5.41) is 11.2. The Hall–Kier alpha value is -2.97. The van der Waals surface area contributed by atoms with Gasteiger partial charge in [0, 0.05) is 17.5 Å². The number of hydrogen-bond acceptors (Lipinski definition) is 6. The number of thiophene rings is 2. The first kappa shape index (κ1) is 21.3. The molecule has 1 aliphatic carbocycles. The van der Waals surface area contributed by atoms with Crippen LogP contribution in [0.1, 0.15) is 53.7 Å². The summed E-state index contributed by atoms with van der Waals surface area (Å²) >= 11 is 2.82. The minimum atomic E-state index is -0.991. The molecule has 1 aromatic carbocycles. The lowest BCUT2D eigenvalue weighted by molar-refractivity contribution is 0.0871. The van der Waals surface area contributed by atoms with Crippen molar-refractivity contribution < 1.29 is 14.4 Å². The molecule has 3 aromatic rings. The number of carbonyl (C=O) groups is 3. The van der Waals surface area contributed by atoms with E-state index < -0.39 is 6.17 Å². The molecule has 2 aromatic heterocycles. The highest BCUT2D eigenvalue weighted by atomic mass is 32.1. The van der Waals surface area contributed by atoms with Gasteiger partial charge in [0.2, 0.25) is 5.78 Å². The van der Waals surface area contributed by atoms with Gasteiger partial charge < -0.3 is 16.0 Å². The number of hydrogen-bond donors (Lipinski definition) is 3. The predicted molar refractivity (Wildman–Crippen MR) is 124 cm³/mol. The summed E-state index contributed by atoms with van der Waals surface area (Å²) in [6, 6.07) is 12.3. The monoisotopic (exact) mass is 453 g/mol. The van der Waals surface area contributed by atoms with Gasteiger partial charge in [-0.25, -0.2) is 0 Å². The number of aryl methyl sites for hydroxylation is 1. The third-order valence-corrected chi connectivity index (χ3v) is 7.35. The Bertz CT molecular complexity index is 1090. The van der Waals surface area contributed by atoms with Crippen LogP contribution in [0.2, 0.25) is 0 Å². The van der Waals surface area contributed by atoms with E-state index >= 15 is 0 Å². The zero-order valence-electron chi connectivity index (χ0n) is 17.1. The van der Waals surface area contributed by atoms with E-state index in [-0.39, 0.29) is 17.6 Å². The van der Waals surface area contributed by atoms with Gasteiger partial charge in [0.15, 0.2) is 6.17 Å². The standard InChI is InChI=1S/C23H23N3O3S2/c1-24-22(29)18-15-10-5-6-11-16(15)31-23(18)26-20(19(27)17-12-7-13-30-17)25-21(28)14-8-3-2-4-9-14/h2-4,7-9,12-13,20,26H,5-6,10-11H2,1H3,(H,24,29)(H,25,28)/t20-/m1/s1. The van der Waals surface area contributed by atoms with Gasteiger partial charge in [-0.15, -0.1) is 22.7 Å². The zero-order valence-corrected chi connectivity index (χ0v) is 18.7. The number of nitrogens with one attached hydrogen (secondary N) is 3. The molecule has 6 nitrogen and oxygen atoms in total. The Morgan fingerprint density at radius 1 is 0.968 bits per heavy atom. The topological polar surface area (TPSA) is 87.3 Å². The van der Waals surface area contributed by atoms with E-state index in [1.165, 1.54) is 27.6 Å². The molecule has 31 heavy (non-hydrogen) atoms. The average molecular weight is 454 g/mol. The van der Waals surface area contributed by atoms with Crippen LogP contribution in [0.25, 0.3) is 0 Å². The van der Waals surface area contributed by atoms with Crippen LogP contribution in [0.3, 0.4) is 0 Å². The van der Waals surface area contributed by atoms with Gasteiger partial charge in [-0.1, -0.05) is 24.3 Å². The molecule has 1 atom stereocenters. The molecule has 0 saturated carbocycles. The number of benzene rings is 1. The van der Waals surface area contributed by atoms with Crippen molar-refractivity contribution >= 4 is 45.3 Å². The van der Waals surface area contributed by atoms with Gasteiger partial charge in [0.25, 0.3) is 11.8 Å². The number of ketones is 1. The molecule has 1 aliphatic rings. The Morgan fingerprint density at radius 2 is 1.74 bits per heavy atom.